The smallest absolute Gasteiger partial charge is 0.307 e. The van der Waals surface area contributed by atoms with E-state index < -0.39 is 17.1 Å². The van der Waals surface area contributed by atoms with E-state index >= 15 is 0 Å². The molecule has 0 aliphatic carbocycles. The zero-order chi connectivity index (χ0) is 27.5. The Morgan fingerprint density at radius 1 is 1.00 bits per heavy atom. The second kappa shape index (κ2) is 16.3. The predicted molar refractivity (Wildman–Crippen MR) is 157 cm³/mol. The number of ether oxygens (including phenoxy) is 2. The van der Waals surface area contributed by atoms with Crippen molar-refractivity contribution in [2.24, 2.45) is 4.99 Å². The van der Waals surface area contributed by atoms with E-state index in [-0.39, 0.29) is 73.2 Å². The third-order valence-electron chi connectivity index (χ3n) is 5.71. The highest BCUT2D eigenvalue weighted by Crippen LogP contribution is 2.33. The van der Waals surface area contributed by atoms with E-state index in [1.807, 2.05) is 25.7 Å². The van der Waals surface area contributed by atoms with E-state index in [2.05, 4.69) is 25.1 Å². The molecule has 1 aliphatic rings. The molecule has 38 heavy (non-hydrogen) atoms. The second-order valence-corrected chi connectivity index (χ2v) is 9.76. The number of hydrogen-bond acceptors (Lipinski definition) is 8. The number of hydrogen-bond donors (Lipinski definition) is 3. The second-order valence-electron chi connectivity index (χ2n) is 8.66. The number of carbonyl (C=O) groups is 4. The van der Waals surface area contributed by atoms with Gasteiger partial charge in [-0.05, 0) is 39.3 Å². The van der Waals surface area contributed by atoms with Crippen LogP contribution in [0.5, 0.6) is 0 Å². The summed E-state index contributed by atoms with van der Waals surface area (Å²) in [6.07, 6.45) is 0.887. The maximum atomic E-state index is 12.9. The van der Waals surface area contributed by atoms with Gasteiger partial charge in [-0.3, -0.25) is 24.6 Å². The number of amidine groups is 2. The Morgan fingerprint density at radius 2 is 1.58 bits per heavy atom. The minimum atomic E-state index is -0.486. The molecule has 0 saturated carbocycles. The Kier molecular flexibility index (Phi) is 14.3. The Morgan fingerprint density at radius 3 is 2.16 bits per heavy atom. The molecular formula is C25H36IN5O6S. The van der Waals surface area contributed by atoms with Crippen molar-refractivity contribution in [1.29, 1.82) is 5.41 Å². The minimum Gasteiger partial charge on any atom is -0.469 e. The summed E-state index contributed by atoms with van der Waals surface area (Å²) in [6, 6.07) is 6.33. The lowest BCUT2D eigenvalue weighted by molar-refractivity contribution is -0.141. The average Bonchev–Trinajstić information content (AvgIpc) is 3.21. The lowest BCUT2D eigenvalue weighted by Gasteiger charge is -2.28. The predicted octanol–water partition coefficient (Wildman–Crippen LogP) is 2.56. The molecule has 2 rings (SSSR count). The first-order chi connectivity index (χ1) is 17.6. The molecule has 1 heterocycles. The lowest BCUT2D eigenvalue weighted by atomic mass is 10.1. The van der Waals surface area contributed by atoms with Crippen LogP contribution in [-0.4, -0.2) is 84.3 Å². The number of methoxy groups -OCH3 is 2. The van der Waals surface area contributed by atoms with Crippen LogP contribution in [0.25, 0.3) is 0 Å². The molecule has 0 bridgehead atoms. The Bertz CT molecular complexity index is 1030. The SMILES string of the molecule is COC(=O)CCCNC(=N)c1ccc(C(=O)N=C2SC(C(=O)NCCC(=O)OC)C(C)N2C(C)C)cc1.I. The van der Waals surface area contributed by atoms with Crippen LogP contribution in [0.2, 0.25) is 0 Å². The fraction of sp³-hybridized carbons (Fsp3) is 0.520. The van der Waals surface area contributed by atoms with Gasteiger partial charge >= 0.3 is 11.9 Å². The van der Waals surface area contributed by atoms with E-state index in [1.165, 1.54) is 26.0 Å². The molecule has 1 aliphatic heterocycles. The van der Waals surface area contributed by atoms with Gasteiger partial charge in [0.25, 0.3) is 5.91 Å². The molecule has 1 fully saturated rings. The van der Waals surface area contributed by atoms with Crippen molar-refractivity contribution < 1.29 is 28.7 Å². The van der Waals surface area contributed by atoms with Gasteiger partial charge in [-0.15, -0.1) is 24.0 Å². The highest BCUT2D eigenvalue weighted by Gasteiger charge is 2.42. The van der Waals surface area contributed by atoms with Gasteiger partial charge in [0.1, 0.15) is 11.1 Å². The van der Waals surface area contributed by atoms with Crippen molar-refractivity contribution >= 4 is 70.5 Å². The monoisotopic (exact) mass is 661 g/mol. The number of halogens is 1. The quantitative estimate of drug-likeness (QED) is 0.107. The number of aliphatic imine (C=N–C) groups is 1. The highest BCUT2D eigenvalue weighted by molar-refractivity contribution is 14.0. The summed E-state index contributed by atoms with van der Waals surface area (Å²) in [6.45, 7) is 6.45. The molecule has 0 aromatic heterocycles. The molecule has 13 heteroatoms. The van der Waals surface area contributed by atoms with Crippen molar-refractivity contribution in [1.82, 2.24) is 15.5 Å². The average molecular weight is 662 g/mol. The van der Waals surface area contributed by atoms with Gasteiger partial charge in [0.05, 0.1) is 20.6 Å². The van der Waals surface area contributed by atoms with Crippen LogP contribution < -0.4 is 10.6 Å². The van der Waals surface area contributed by atoms with Crippen LogP contribution in [-0.2, 0) is 23.9 Å². The molecule has 2 atom stereocenters. The first kappa shape index (κ1) is 33.3. The van der Waals surface area contributed by atoms with Gasteiger partial charge in [-0.1, -0.05) is 23.9 Å². The van der Waals surface area contributed by atoms with E-state index in [0.717, 1.165) is 0 Å². The van der Waals surface area contributed by atoms with Gasteiger partial charge < -0.3 is 25.0 Å². The van der Waals surface area contributed by atoms with E-state index in [0.29, 0.717) is 29.3 Å². The molecule has 2 unspecified atom stereocenters. The minimum absolute atomic E-state index is 0. The molecule has 1 aromatic rings. The van der Waals surface area contributed by atoms with Crippen molar-refractivity contribution in [2.45, 2.75) is 57.4 Å². The Hall–Kier alpha value is -2.68. The van der Waals surface area contributed by atoms with E-state index in [9.17, 15) is 19.2 Å². The number of carbonyl (C=O) groups excluding carboxylic acids is 4. The lowest BCUT2D eigenvalue weighted by Crippen LogP contribution is -2.45. The van der Waals surface area contributed by atoms with E-state index in [1.54, 1.807) is 24.3 Å². The molecule has 1 aromatic carbocycles. The van der Waals surface area contributed by atoms with E-state index in [4.69, 9.17) is 5.41 Å². The van der Waals surface area contributed by atoms with Crippen molar-refractivity contribution in [3.63, 3.8) is 0 Å². The van der Waals surface area contributed by atoms with Crippen molar-refractivity contribution in [3.8, 4) is 0 Å². The topological polar surface area (TPSA) is 150 Å². The number of benzene rings is 1. The van der Waals surface area contributed by atoms with Crippen LogP contribution in [0.15, 0.2) is 29.3 Å². The molecular weight excluding hydrogens is 625 g/mol. The zero-order valence-corrected chi connectivity index (χ0v) is 25.4. The molecule has 1 saturated heterocycles. The maximum absolute atomic E-state index is 12.9. The fourth-order valence-electron chi connectivity index (χ4n) is 3.71. The molecule has 0 radical (unpaired) electrons. The summed E-state index contributed by atoms with van der Waals surface area (Å²) in [5.74, 6) is -1.20. The number of nitrogens with one attached hydrogen (secondary N) is 3. The Labute approximate surface area is 244 Å². The Balaban J connectivity index is 0.00000722. The molecule has 3 N–H and O–H groups in total. The van der Waals surface area contributed by atoms with Gasteiger partial charge in [-0.25, -0.2) is 0 Å². The zero-order valence-electron chi connectivity index (χ0n) is 22.2. The number of rotatable bonds is 11. The molecule has 11 nitrogen and oxygen atoms in total. The summed E-state index contributed by atoms with van der Waals surface area (Å²) >= 11 is 1.22. The van der Waals surface area contributed by atoms with Crippen LogP contribution >= 0.6 is 35.7 Å². The first-order valence-electron chi connectivity index (χ1n) is 12.0. The fourth-order valence-corrected chi connectivity index (χ4v) is 5.09. The first-order valence-corrected chi connectivity index (χ1v) is 12.9. The van der Waals surface area contributed by atoms with Gasteiger partial charge in [0.15, 0.2) is 5.17 Å². The van der Waals surface area contributed by atoms with Crippen LogP contribution in [0, 0.1) is 5.41 Å². The van der Waals surface area contributed by atoms with Crippen LogP contribution in [0.3, 0.4) is 0 Å². The number of nitrogens with zero attached hydrogens (tertiary/aromatic N) is 2. The highest BCUT2D eigenvalue weighted by atomic mass is 127. The van der Waals surface area contributed by atoms with Crippen molar-refractivity contribution in [2.75, 3.05) is 27.3 Å². The maximum Gasteiger partial charge on any atom is 0.307 e. The number of esters is 2. The summed E-state index contributed by atoms with van der Waals surface area (Å²) < 4.78 is 9.19. The summed E-state index contributed by atoms with van der Waals surface area (Å²) in [7, 11) is 2.63. The van der Waals surface area contributed by atoms with Crippen LogP contribution in [0.1, 0.15) is 56.0 Å². The molecule has 210 valence electrons. The van der Waals surface area contributed by atoms with Gasteiger partial charge in [0, 0.05) is 42.7 Å². The normalized spacial score (nSPS) is 17.5. The number of amides is 2. The van der Waals surface area contributed by atoms with Crippen molar-refractivity contribution in [3.05, 3.63) is 35.4 Å². The number of thioether (sulfide) groups is 1. The summed E-state index contributed by atoms with van der Waals surface area (Å²) in [4.78, 5) is 54.4. The standard InChI is InChI=1S/C25H35N5O6S.HI/c1-15(2)30-16(3)21(24(34)28-14-12-20(32)36-5)37-25(30)29-23(33)18-10-8-17(9-11-18)22(26)27-13-6-7-19(31)35-4;/h8-11,15-16,21H,6-7,12-14H2,1-5H3,(H2,26,27)(H,28,34);1H. The summed E-state index contributed by atoms with van der Waals surface area (Å²) in [5, 5.41) is 13.8. The summed E-state index contributed by atoms with van der Waals surface area (Å²) in [5.41, 5.74) is 0.955. The third-order valence-corrected chi connectivity index (χ3v) is 7.08. The van der Waals surface area contributed by atoms with Gasteiger partial charge in [-0.2, -0.15) is 4.99 Å². The molecule has 0 spiro atoms. The van der Waals surface area contributed by atoms with Crippen LogP contribution in [0.4, 0.5) is 0 Å². The largest absolute Gasteiger partial charge is 0.469 e. The van der Waals surface area contributed by atoms with Gasteiger partial charge in [0.2, 0.25) is 5.91 Å². The third kappa shape index (κ3) is 9.57. The molecule has 2 amide bonds.